The summed E-state index contributed by atoms with van der Waals surface area (Å²) in [5.74, 6) is 0.547. The molecule has 2 heterocycles. The van der Waals surface area contributed by atoms with Crippen molar-refractivity contribution in [1.82, 2.24) is 9.97 Å². The molecule has 1 aromatic heterocycles. The molecule has 0 N–H and O–H groups in total. The van der Waals surface area contributed by atoms with Crippen molar-refractivity contribution in [2.24, 2.45) is 10.9 Å². The van der Waals surface area contributed by atoms with E-state index in [1.807, 2.05) is 12.3 Å². The van der Waals surface area contributed by atoms with Gasteiger partial charge >= 0.3 is 0 Å². The normalized spacial score (nSPS) is 21.3. The lowest BCUT2D eigenvalue weighted by Gasteiger charge is -2.09. The van der Waals surface area contributed by atoms with Crippen molar-refractivity contribution in [3.63, 3.8) is 0 Å². The van der Waals surface area contributed by atoms with E-state index < -0.39 is 0 Å². The van der Waals surface area contributed by atoms with Crippen molar-refractivity contribution in [2.45, 2.75) is 13.3 Å². The molecule has 0 fully saturated rings. The molecule has 0 spiro atoms. The summed E-state index contributed by atoms with van der Waals surface area (Å²) in [4.78, 5) is 12.3. The summed E-state index contributed by atoms with van der Waals surface area (Å²) >= 11 is 0. The van der Waals surface area contributed by atoms with Gasteiger partial charge in [-0.3, -0.25) is 4.99 Å². The van der Waals surface area contributed by atoms with E-state index in [1.165, 1.54) is 0 Å². The van der Waals surface area contributed by atoms with Crippen LogP contribution in [0.5, 0.6) is 0 Å². The van der Waals surface area contributed by atoms with Gasteiger partial charge < -0.3 is 0 Å². The first-order valence-corrected chi connectivity index (χ1v) is 4.37. The fourth-order valence-electron chi connectivity index (χ4n) is 1.23. The van der Waals surface area contributed by atoms with Gasteiger partial charge in [-0.15, -0.1) is 0 Å². The molecule has 1 aliphatic rings. The summed E-state index contributed by atoms with van der Waals surface area (Å²) in [6, 6.07) is 1.87. The van der Waals surface area contributed by atoms with Crippen molar-refractivity contribution in [3.05, 3.63) is 30.4 Å². The molecule has 0 bridgehead atoms. The maximum Gasteiger partial charge on any atom is 0.116 e. The molecule has 3 nitrogen and oxygen atoms in total. The van der Waals surface area contributed by atoms with E-state index >= 15 is 0 Å². The SMILES string of the molecule is CC1C=NC(c2ccncn2)=CC1. The van der Waals surface area contributed by atoms with Crippen LogP contribution in [0.25, 0.3) is 5.70 Å². The van der Waals surface area contributed by atoms with Crippen LogP contribution in [0.2, 0.25) is 0 Å². The van der Waals surface area contributed by atoms with Gasteiger partial charge in [0.1, 0.15) is 6.33 Å². The second-order valence-electron chi connectivity index (χ2n) is 3.18. The summed E-state index contributed by atoms with van der Waals surface area (Å²) in [7, 11) is 0. The van der Waals surface area contributed by atoms with Gasteiger partial charge in [-0.2, -0.15) is 0 Å². The second kappa shape index (κ2) is 3.47. The molecular weight excluding hydrogens is 162 g/mol. The van der Waals surface area contributed by atoms with Gasteiger partial charge in [-0.1, -0.05) is 13.0 Å². The van der Waals surface area contributed by atoms with Crippen LogP contribution in [0.15, 0.2) is 29.7 Å². The number of rotatable bonds is 1. The Balaban J connectivity index is 2.25. The van der Waals surface area contributed by atoms with Gasteiger partial charge in [-0.25, -0.2) is 9.97 Å². The third-order valence-corrected chi connectivity index (χ3v) is 2.00. The van der Waals surface area contributed by atoms with Crippen molar-refractivity contribution in [2.75, 3.05) is 0 Å². The van der Waals surface area contributed by atoms with Crippen LogP contribution in [0.1, 0.15) is 19.0 Å². The number of hydrogen-bond acceptors (Lipinski definition) is 3. The summed E-state index contributed by atoms with van der Waals surface area (Å²) in [6.07, 6.45) is 8.41. The van der Waals surface area contributed by atoms with Crippen LogP contribution in [0, 0.1) is 5.92 Å². The van der Waals surface area contributed by atoms with Crippen LogP contribution >= 0.6 is 0 Å². The van der Waals surface area contributed by atoms with E-state index in [0.29, 0.717) is 5.92 Å². The highest BCUT2D eigenvalue weighted by Crippen LogP contribution is 2.19. The number of aliphatic imine (C=N–C) groups is 1. The van der Waals surface area contributed by atoms with E-state index in [0.717, 1.165) is 17.8 Å². The number of aromatic nitrogens is 2. The third kappa shape index (κ3) is 1.80. The zero-order chi connectivity index (χ0) is 9.10. The lowest BCUT2D eigenvalue weighted by atomic mass is 10.1. The Morgan fingerprint density at radius 3 is 3.00 bits per heavy atom. The third-order valence-electron chi connectivity index (χ3n) is 2.00. The molecule has 3 heteroatoms. The van der Waals surface area contributed by atoms with Gasteiger partial charge in [0.25, 0.3) is 0 Å². The minimum atomic E-state index is 0.547. The van der Waals surface area contributed by atoms with Gasteiger partial charge in [0.2, 0.25) is 0 Å². The number of nitrogens with zero attached hydrogens (tertiary/aromatic N) is 3. The van der Waals surface area contributed by atoms with E-state index in [2.05, 4.69) is 28.0 Å². The maximum absolute atomic E-state index is 4.33. The molecule has 2 rings (SSSR count). The Morgan fingerprint density at radius 1 is 1.46 bits per heavy atom. The quantitative estimate of drug-likeness (QED) is 0.650. The molecule has 1 atom stereocenters. The minimum Gasteiger partial charge on any atom is -0.259 e. The smallest absolute Gasteiger partial charge is 0.116 e. The van der Waals surface area contributed by atoms with Gasteiger partial charge in [0.15, 0.2) is 0 Å². The standard InChI is InChI=1S/C10H11N3/c1-8-2-3-9(12-6-8)10-4-5-11-7-13-10/h3-8H,2H2,1H3. The second-order valence-corrected chi connectivity index (χ2v) is 3.18. The molecule has 0 radical (unpaired) electrons. The van der Waals surface area contributed by atoms with Gasteiger partial charge in [-0.05, 0) is 18.4 Å². The highest BCUT2D eigenvalue weighted by molar-refractivity contribution is 5.76. The molecule has 0 aliphatic carbocycles. The summed E-state index contributed by atoms with van der Waals surface area (Å²) in [6.45, 7) is 2.15. The van der Waals surface area contributed by atoms with Crippen LogP contribution < -0.4 is 0 Å². The molecule has 1 aromatic rings. The largest absolute Gasteiger partial charge is 0.259 e. The molecule has 0 saturated heterocycles. The zero-order valence-electron chi connectivity index (χ0n) is 7.51. The number of hydrogen-bond donors (Lipinski definition) is 0. The fourth-order valence-corrected chi connectivity index (χ4v) is 1.23. The number of allylic oxidation sites excluding steroid dienone is 1. The van der Waals surface area contributed by atoms with Gasteiger partial charge in [0.05, 0.1) is 11.4 Å². The van der Waals surface area contributed by atoms with Crippen molar-refractivity contribution in [3.8, 4) is 0 Å². The Kier molecular flexibility index (Phi) is 2.17. The lowest BCUT2D eigenvalue weighted by molar-refractivity contribution is 0.798. The molecule has 13 heavy (non-hydrogen) atoms. The summed E-state index contributed by atoms with van der Waals surface area (Å²) < 4.78 is 0. The summed E-state index contributed by atoms with van der Waals surface area (Å²) in [5, 5.41) is 0. The van der Waals surface area contributed by atoms with E-state index in [-0.39, 0.29) is 0 Å². The maximum atomic E-state index is 4.33. The lowest BCUT2D eigenvalue weighted by Crippen LogP contribution is -2.00. The van der Waals surface area contributed by atoms with Crippen LogP contribution in [-0.4, -0.2) is 16.2 Å². The molecule has 1 unspecified atom stereocenters. The molecule has 0 aromatic carbocycles. The first kappa shape index (κ1) is 8.10. The monoisotopic (exact) mass is 173 g/mol. The predicted molar refractivity (Wildman–Crippen MR) is 52.3 cm³/mol. The summed E-state index contributed by atoms with van der Waals surface area (Å²) in [5.41, 5.74) is 1.86. The first-order valence-electron chi connectivity index (χ1n) is 4.37. The molecule has 1 aliphatic heterocycles. The topological polar surface area (TPSA) is 38.1 Å². The molecular formula is C10H11N3. The molecule has 66 valence electrons. The van der Waals surface area contributed by atoms with Crippen LogP contribution in [0.4, 0.5) is 0 Å². The van der Waals surface area contributed by atoms with Crippen LogP contribution in [-0.2, 0) is 0 Å². The van der Waals surface area contributed by atoms with Crippen molar-refractivity contribution in [1.29, 1.82) is 0 Å². The van der Waals surface area contributed by atoms with E-state index in [1.54, 1.807) is 12.5 Å². The highest BCUT2D eigenvalue weighted by Gasteiger charge is 2.06. The Labute approximate surface area is 77.3 Å². The predicted octanol–water partition coefficient (Wildman–Crippen LogP) is 1.93. The average Bonchev–Trinajstić information content (AvgIpc) is 2.20. The Hall–Kier alpha value is -1.51. The van der Waals surface area contributed by atoms with Gasteiger partial charge in [0, 0.05) is 12.4 Å². The van der Waals surface area contributed by atoms with Crippen molar-refractivity contribution >= 4 is 11.9 Å². The Bertz CT molecular complexity index is 340. The van der Waals surface area contributed by atoms with Crippen molar-refractivity contribution < 1.29 is 0 Å². The zero-order valence-corrected chi connectivity index (χ0v) is 7.51. The van der Waals surface area contributed by atoms with E-state index in [4.69, 9.17) is 0 Å². The first-order chi connectivity index (χ1) is 6.36. The van der Waals surface area contributed by atoms with Crippen LogP contribution in [0.3, 0.4) is 0 Å². The molecule has 0 amide bonds. The highest BCUT2D eigenvalue weighted by atomic mass is 14.9. The average molecular weight is 173 g/mol. The Morgan fingerprint density at radius 2 is 2.38 bits per heavy atom. The minimum absolute atomic E-state index is 0.547. The fraction of sp³-hybridized carbons (Fsp3) is 0.300. The molecule has 0 saturated carbocycles. The van der Waals surface area contributed by atoms with E-state index in [9.17, 15) is 0 Å².